The van der Waals surface area contributed by atoms with E-state index in [0.717, 1.165) is 5.56 Å². The number of carbonyl (C=O) groups is 1. The smallest absolute Gasteiger partial charge is 0.262 e. The first-order valence-corrected chi connectivity index (χ1v) is 9.03. The highest BCUT2D eigenvalue weighted by Crippen LogP contribution is 2.28. The molecule has 0 bridgehead atoms. The Balaban J connectivity index is 1.87. The van der Waals surface area contributed by atoms with Crippen LogP contribution in [0.1, 0.15) is 5.56 Å². The molecule has 2 aromatic carbocycles. The minimum Gasteiger partial charge on any atom is -0.493 e. The van der Waals surface area contributed by atoms with Gasteiger partial charge in [0, 0.05) is 16.8 Å². The van der Waals surface area contributed by atoms with Crippen molar-refractivity contribution in [2.45, 2.75) is 0 Å². The zero-order valence-corrected chi connectivity index (χ0v) is 16.8. The highest BCUT2D eigenvalue weighted by molar-refractivity contribution is 7.80. The van der Waals surface area contributed by atoms with Crippen molar-refractivity contribution in [3.63, 3.8) is 0 Å². The predicted molar refractivity (Wildman–Crippen MR) is 117 cm³/mol. The molecule has 0 radical (unpaired) electrons. The zero-order chi connectivity index (χ0) is 20.4. The van der Waals surface area contributed by atoms with Crippen molar-refractivity contribution in [2.24, 2.45) is 0 Å². The summed E-state index contributed by atoms with van der Waals surface area (Å²) in [4.78, 5) is 12.0. The highest BCUT2D eigenvalue weighted by Gasteiger charge is 2.05. The van der Waals surface area contributed by atoms with Gasteiger partial charge >= 0.3 is 0 Å². The lowest BCUT2D eigenvalue weighted by Crippen LogP contribution is -2.43. The lowest BCUT2D eigenvalue weighted by atomic mass is 10.2. The van der Waals surface area contributed by atoms with Gasteiger partial charge in [-0.05, 0) is 54.2 Å². The van der Waals surface area contributed by atoms with Crippen LogP contribution in [-0.2, 0) is 4.79 Å². The molecule has 146 valence electrons. The Labute approximate surface area is 174 Å². The van der Waals surface area contributed by atoms with Crippen LogP contribution < -0.4 is 25.6 Å². The fourth-order valence-corrected chi connectivity index (χ4v) is 2.48. The number of hydrogen-bond donors (Lipinski definition) is 3. The van der Waals surface area contributed by atoms with Crippen molar-refractivity contribution in [1.82, 2.24) is 10.9 Å². The number of halogens is 1. The molecular formula is C20H20ClN3O3S. The van der Waals surface area contributed by atoms with Crippen LogP contribution in [0.2, 0.25) is 5.02 Å². The molecule has 0 atom stereocenters. The normalized spacial score (nSPS) is 10.2. The lowest BCUT2D eigenvalue weighted by Gasteiger charge is -2.11. The summed E-state index contributed by atoms with van der Waals surface area (Å²) < 4.78 is 10.8. The number of methoxy groups -OCH3 is 1. The molecular weight excluding hydrogens is 398 g/mol. The number of benzene rings is 2. The maximum absolute atomic E-state index is 12.0. The number of hydrogen-bond acceptors (Lipinski definition) is 4. The number of anilines is 1. The van der Waals surface area contributed by atoms with Gasteiger partial charge in [-0.15, -0.1) is 0 Å². The Hall–Kier alpha value is -3.03. The SMILES string of the molecule is C=CCOc1ccc(/C=C/C(=O)NNC(=S)Nc2cccc(Cl)c2)cc1OC. The molecule has 0 unspecified atom stereocenters. The van der Waals surface area contributed by atoms with Crippen molar-refractivity contribution in [2.75, 3.05) is 19.0 Å². The molecule has 0 aliphatic rings. The summed E-state index contributed by atoms with van der Waals surface area (Å²) in [6, 6.07) is 12.4. The van der Waals surface area contributed by atoms with Crippen LogP contribution in [0.3, 0.4) is 0 Å². The van der Waals surface area contributed by atoms with Gasteiger partial charge in [0.1, 0.15) is 6.61 Å². The zero-order valence-electron chi connectivity index (χ0n) is 15.2. The van der Waals surface area contributed by atoms with Crippen molar-refractivity contribution in [3.8, 4) is 11.5 Å². The molecule has 0 aliphatic carbocycles. The Morgan fingerprint density at radius 2 is 2.04 bits per heavy atom. The second-order valence-electron chi connectivity index (χ2n) is 5.42. The molecule has 8 heteroatoms. The van der Waals surface area contributed by atoms with E-state index in [-0.39, 0.29) is 11.0 Å². The van der Waals surface area contributed by atoms with E-state index >= 15 is 0 Å². The van der Waals surface area contributed by atoms with Crippen LogP contribution in [0.15, 0.2) is 61.2 Å². The average Bonchev–Trinajstić information content (AvgIpc) is 2.69. The number of rotatable bonds is 7. The summed E-state index contributed by atoms with van der Waals surface area (Å²) >= 11 is 11.0. The van der Waals surface area contributed by atoms with Crippen LogP contribution >= 0.6 is 23.8 Å². The predicted octanol–water partition coefficient (Wildman–Crippen LogP) is 3.94. The second-order valence-corrected chi connectivity index (χ2v) is 6.27. The van der Waals surface area contributed by atoms with Crippen molar-refractivity contribution in [1.29, 1.82) is 0 Å². The monoisotopic (exact) mass is 417 g/mol. The Morgan fingerprint density at radius 3 is 2.75 bits per heavy atom. The van der Waals surface area contributed by atoms with E-state index in [1.807, 2.05) is 6.07 Å². The first-order valence-electron chi connectivity index (χ1n) is 8.24. The molecule has 0 spiro atoms. The fraction of sp³-hybridized carbons (Fsp3) is 0.100. The summed E-state index contributed by atoms with van der Waals surface area (Å²) in [5.41, 5.74) is 6.57. The summed E-state index contributed by atoms with van der Waals surface area (Å²) in [5.74, 6) is 0.790. The van der Waals surface area contributed by atoms with E-state index in [4.69, 9.17) is 33.3 Å². The summed E-state index contributed by atoms with van der Waals surface area (Å²) in [6.07, 6.45) is 4.66. The molecule has 1 amide bonds. The van der Waals surface area contributed by atoms with E-state index in [0.29, 0.717) is 28.8 Å². The van der Waals surface area contributed by atoms with Crippen LogP contribution in [0.4, 0.5) is 5.69 Å². The molecule has 0 heterocycles. The van der Waals surface area contributed by atoms with E-state index in [1.165, 1.54) is 6.08 Å². The third-order valence-electron chi connectivity index (χ3n) is 3.35. The minimum atomic E-state index is -0.374. The third-order valence-corrected chi connectivity index (χ3v) is 3.79. The third kappa shape index (κ3) is 6.94. The maximum atomic E-state index is 12.0. The Kier molecular flexibility index (Phi) is 8.33. The van der Waals surface area contributed by atoms with Crippen LogP contribution in [0.5, 0.6) is 11.5 Å². The maximum Gasteiger partial charge on any atom is 0.262 e. The van der Waals surface area contributed by atoms with Gasteiger partial charge in [0.05, 0.1) is 7.11 Å². The van der Waals surface area contributed by atoms with E-state index in [2.05, 4.69) is 22.7 Å². The average molecular weight is 418 g/mol. The van der Waals surface area contributed by atoms with Gasteiger partial charge in [-0.3, -0.25) is 15.6 Å². The summed E-state index contributed by atoms with van der Waals surface area (Å²) in [7, 11) is 1.55. The Morgan fingerprint density at radius 1 is 1.21 bits per heavy atom. The summed E-state index contributed by atoms with van der Waals surface area (Å²) in [5, 5.41) is 3.72. The van der Waals surface area contributed by atoms with Gasteiger partial charge in [0.15, 0.2) is 16.6 Å². The van der Waals surface area contributed by atoms with Gasteiger partial charge in [-0.2, -0.15) is 0 Å². The van der Waals surface area contributed by atoms with Crippen LogP contribution in [0.25, 0.3) is 6.08 Å². The standard InChI is InChI=1S/C20H20ClN3O3S/c1-3-11-27-17-9-7-14(12-18(17)26-2)8-10-19(25)23-24-20(28)22-16-6-4-5-15(21)13-16/h3-10,12-13H,1,11H2,2H3,(H,23,25)(H2,22,24,28)/b10-8+. The largest absolute Gasteiger partial charge is 0.493 e. The first kappa shape index (κ1) is 21.3. The first-order chi connectivity index (χ1) is 13.5. The van der Waals surface area contributed by atoms with Crippen LogP contribution in [0, 0.1) is 0 Å². The van der Waals surface area contributed by atoms with Crippen LogP contribution in [-0.4, -0.2) is 24.7 Å². The van der Waals surface area contributed by atoms with E-state index in [1.54, 1.807) is 55.7 Å². The topological polar surface area (TPSA) is 71.6 Å². The van der Waals surface area contributed by atoms with E-state index in [9.17, 15) is 4.79 Å². The molecule has 0 saturated carbocycles. The van der Waals surface area contributed by atoms with Crippen molar-refractivity contribution >= 4 is 46.6 Å². The molecule has 0 aromatic heterocycles. The van der Waals surface area contributed by atoms with Gasteiger partial charge in [-0.25, -0.2) is 0 Å². The lowest BCUT2D eigenvalue weighted by molar-refractivity contribution is -0.116. The highest BCUT2D eigenvalue weighted by atomic mass is 35.5. The number of thiocarbonyl (C=S) groups is 1. The second kappa shape index (κ2) is 11.0. The Bertz CT molecular complexity index is 887. The van der Waals surface area contributed by atoms with Gasteiger partial charge < -0.3 is 14.8 Å². The van der Waals surface area contributed by atoms with Gasteiger partial charge in [-0.1, -0.05) is 36.4 Å². The van der Waals surface area contributed by atoms with Crippen molar-refractivity contribution in [3.05, 3.63) is 71.8 Å². The number of nitrogens with one attached hydrogen (secondary N) is 3. The van der Waals surface area contributed by atoms with E-state index < -0.39 is 0 Å². The molecule has 28 heavy (non-hydrogen) atoms. The number of ether oxygens (including phenoxy) is 2. The molecule has 2 rings (SSSR count). The molecule has 6 nitrogen and oxygen atoms in total. The van der Waals surface area contributed by atoms with Gasteiger partial charge in [0.2, 0.25) is 0 Å². The van der Waals surface area contributed by atoms with Crippen molar-refractivity contribution < 1.29 is 14.3 Å². The quantitative estimate of drug-likeness (QED) is 0.274. The molecule has 0 aliphatic heterocycles. The van der Waals surface area contributed by atoms with Gasteiger partial charge in [0.25, 0.3) is 5.91 Å². The number of amides is 1. The number of hydrazine groups is 1. The molecule has 0 fully saturated rings. The summed E-state index contributed by atoms with van der Waals surface area (Å²) in [6.45, 7) is 3.99. The molecule has 2 aromatic rings. The minimum absolute atomic E-state index is 0.231. The molecule has 3 N–H and O–H groups in total. The molecule has 0 saturated heterocycles. The number of carbonyl (C=O) groups excluding carboxylic acids is 1. The fourth-order valence-electron chi connectivity index (χ4n) is 2.12.